The molecule has 1 fully saturated rings. The number of piperidine rings is 1. The number of nitrogens with one attached hydrogen (secondary N) is 1. The van der Waals surface area contributed by atoms with Gasteiger partial charge >= 0.3 is 0 Å². The summed E-state index contributed by atoms with van der Waals surface area (Å²) >= 11 is 6.11. The summed E-state index contributed by atoms with van der Waals surface area (Å²) in [4.78, 5) is 14.9. The number of carbonyl (C=O) groups is 1. The number of carbonyl (C=O) groups excluding carboxylic acids is 1. The Morgan fingerprint density at radius 1 is 1.27 bits per heavy atom. The highest BCUT2D eigenvalue weighted by Gasteiger charge is 2.25. The van der Waals surface area contributed by atoms with E-state index in [2.05, 4.69) is 23.2 Å². The van der Waals surface area contributed by atoms with Crippen LogP contribution in [0.4, 0.5) is 5.69 Å². The zero-order valence-corrected chi connectivity index (χ0v) is 15.9. The number of hydrogen-bond donors (Lipinski definition) is 2. The summed E-state index contributed by atoms with van der Waals surface area (Å²) in [5, 5.41) is 3.40. The van der Waals surface area contributed by atoms with Crippen LogP contribution in [0.3, 0.4) is 0 Å². The number of benzene rings is 2. The zero-order valence-electron chi connectivity index (χ0n) is 15.1. The monoisotopic (exact) mass is 371 g/mol. The van der Waals surface area contributed by atoms with Crippen LogP contribution in [-0.4, -0.2) is 29.4 Å². The van der Waals surface area contributed by atoms with Crippen LogP contribution in [0.2, 0.25) is 5.02 Å². The summed E-state index contributed by atoms with van der Waals surface area (Å²) in [6.45, 7) is 4.01. The fraction of sp³-hybridized carbons (Fsp3) is 0.381. The molecule has 4 nitrogen and oxygen atoms in total. The Kier molecular flexibility index (Phi) is 6.30. The topological polar surface area (TPSA) is 58.4 Å². The van der Waals surface area contributed by atoms with Gasteiger partial charge in [-0.3, -0.25) is 9.69 Å². The molecule has 1 amide bonds. The van der Waals surface area contributed by atoms with Crippen LogP contribution in [0, 0.1) is 0 Å². The van der Waals surface area contributed by atoms with E-state index in [1.807, 2.05) is 30.3 Å². The Bertz CT molecular complexity index is 762. The van der Waals surface area contributed by atoms with Crippen molar-refractivity contribution < 1.29 is 4.79 Å². The van der Waals surface area contributed by atoms with Crippen molar-refractivity contribution >= 4 is 23.2 Å². The van der Waals surface area contributed by atoms with Gasteiger partial charge in [-0.25, -0.2) is 0 Å². The third-order valence-corrected chi connectivity index (χ3v) is 5.29. The number of likely N-dealkylation sites (tertiary alicyclic amines) is 1. The SMILES string of the molecule is CC(N)C1CCCCN1Cc1cccc(NC(=O)c2ccccc2Cl)c1. The predicted octanol–water partition coefficient (Wildman–Crippen LogP) is 4.29. The number of amides is 1. The maximum Gasteiger partial charge on any atom is 0.257 e. The van der Waals surface area contributed by atoms with Gasteiger partial charge in [-0.15, -0.1) is 0 Å². The van der Waals surface area contributed by atoms with E-state index in [-0.39, 0.29) is 11.9 Å². The smallest absolute Gasteiger partial charge is 0.257 e. The molecule has 1 saturated heterocycles. The van der Waals surface area contributed by atoms with Crippen molar-refractivity contribution in [1.82, 2.24) is 4.90 Å². The number of rotatable bonds is 5. The Labute approximate surface area is 160 Å². The fourth-order valence-electron chi connectivity index (χ4n) is 3.63. The number of halogens is 1. The largest absolute Gasteiger partial charge is 0.327 e. The minimum absolute atomic E-state index is 0.165. The first-order chi connectivity index (χ1) is 12.5. The number of hydrogen-bond acceptors (Lipinski definition) is 3. The average Bonchev–Trinajstić information content (AvgIpc) is 2.62. The van der Waals surface area contributed by atoms with Gasteiger partial charge in [0.05, 0.1) is 10.6 Å². The normalized spacial score (nSPS) is 19.1. The van der Waals surface area contributed by atoms with Gasteiger partial charge in [0.2, 0.25) is 0 Å². The van der Waals surface area contributed by atoms with Crippen molar-refractivity contribution in [3.05, 3.63) is 64.7 Å². The molecule has 1 aliphatic heterocycles. The summed E-state index contributed by atoms with van der Waals surface area (Å²) < 4.78 is 0. The molecule has 0 spiro atoms. The average molecular weight is 372 g/mol. The number of anilines is 1. The maximum absolute atomic E-state index is 12.5. The Balaban J connectivity index is 1.70. The van der Waals surface area contributed by atoms with Gasteiger partial charge in [-0.2, -0.15) is 0 Å². The number of nitrogens with two attached hydrogens (primary N) is 1. The summed E-state index contributed by atoms with van der Waals surface area (Å²) in [7, 11) is 0. The van der Waals surface area contributed by atoms with E-state index in [4.69, 9.17) is 17.3 Å². The molecule has 3 N–H and O–H groups in total. The van der Waals surface area contributed by atoms with E-state index < -0.39 is 0 Å². The quantitative estimate of drug-likeness (QED) is 0.824. The first-order valence-corrected chi connectivity index (χ1v) is 9.57. The molecule has 138 valence electrons. The molecule has 0 aliphatic carbocycles. The summed E-state index contributed by atoms with van der Waals surface area (Å²) in [5.74, 6) is -0.195. The number of nitrogens with zero attached hydrogens (tertiary/aromatic N) is 1. The molecule has 0 saturated carbocycles. The van der Waals surface area contributed by atoms with E-state index in [1.54, 1.807) is 12.1 Å². The molecule has 2 aromatic rings. The van der Waals surface area contributed by atoms with Crippen LogP contribution >= 0.6 is 11.6 Å². The van der Waals surface area contributed by atoms with Gasteiger partial charge in [0.1, 0.15) is 0 Å². The summed E-state index contributed by atoms with van der Waals surface area (Å²) in [5.41, 5.74) is 8.61. The van der Waals surface area contributed by atoms with Gasteiger partial charge in [0.25, 0.3) is 5.91 Å². The van der Waals surface area contributed by atoms with Crippen molar-refractivity contribution in [3.8, 4) is 0 Å². The molecule has 0 aromatic heterocycles. The molecule has 1 heterocycles. The molecule has 26 heavy (non-hydrogen) atoms. The lowest BCUT2D eigenvalue weighted by Crippen LogP contribution is -2.48. The van der Waals surface area contributed by atoms with Crippen molar-refractivity contribution in [1.29, 1.82) is 0 Å². The van der Waals surface area contributed by atoms with Gasteiger partial charge in [-0.05, 0) is 56.1 Å². The van der Waals surface area contributed by atoms with Crippen LogP contribution in [0.5, 0.6) is 0 Å². The Morgan fingerprint density at radius 2 is 2.08 bits per heavy atom. The standard InChI is InChI=1S/C21H26ClN3O/c1-15(23)20-11-4-5-12-25(20)14-16-7-6-8-17(13-16)24-21(26)18-9-2-3-10-19(18)22/h2-3,6-10,13,15,20H,4-5,11-12,14,23H2,1H3,(H,24,26). The van der Waals surface area contributed by atoms with E-state index >= 15 is 0 Å². The molecule has 2 atom stereocenters. The Morgan fingerprint density at radius 3 is 2.85 bits per heavy atom. The maximum atomic E-state index is 12.5. The molecule has 5 heteroatoms. The first-order valence-electron chi connectivity index (χ1n) is 9.19. The fourth-order valence-corrected chi connectivity index (χ4v) is 3.86. The minimum atomic E-state index is -0.195. The highest BCUT2D eigenvalue weighted by Crippen LogP contribution is 2.23. The van der Waals surface area contributed by atoms with Gasteiger partial charge in [-0.1, -0.05) is 42.3 Å². The van der Waals surface area contributed by atoms with Gasteiger partial charge in [0, 0.05) is 24.3 Å². The third-order valence-electron chi connectivity index (χ3n) is 4.96. The van der Waals surface area contributed by atoms with Crippen LogP contribution in [0.25, 0.3) is 0 Å². The van der Waals surface area contributed by atoms with Crippen molar-refractivity contribution in [3.63, 3.8) is 0 Å². The second-order valence-electron chi connectivity index (χ2n) is 7.03. The summed E-state index contributed by atoms with van der Waals surface area (Å²) in [6, 6.07) is 15.7. The lowest BCUT2D eigenvalue weighted by atomic mass is 9.96. The van der Waals surface area contributed by atoms with Gasteiger partial charge in [0.15, 0.2) is 0 Å². The van der Waals surface area contributed by atoms with Crippen LogP contribution in [0.1, 0.15) is 42.1 Å². The van der Waals surface area contributed by atoms with Crippen LogP contribution in [0.15, 0.2) is 48.5 Å². The van der Waals surface area contributed by atoms with Crippen molar-refractivity contribution in [2.45, 2.75) is 44.8 Å². The predicted molar refractivity (Wildman–Crippen MR) is 108 cm³/mol. The zero-order chi connectivity index (χ0) is 18.5. The van der Waals surface area contributed by atoms with E-state index in [0.717, 1.165) is 25.2 Å². The minimum Gasteiger partial charge on any atom is -0.327 e. The van der Waals surface area contributed by atoms with Crippen molar-refractivity contribution in [2.24, 2.45) is 5.73 Å². The molecule has 0 radical (unpaired) electrons. The molecular formula is C21H26ClN3O. The lowest BCUT2D eigenvalue weighted by molar-refractivity contribution is 0.102. The lowest BCUT2D eigenvalue weighted by Gasteiger charge is -2.38. The molecule has 2 aromatic carbocycles. The molecule has 1 aliphatic rings. The first kappa shape index (κ1) is 18.9. The molecule has 0 bridgehead atoms. The molecule has 3 rings (SSSR count). The van der Waals surface area contributed by atoms with E-state index in [0.29, 0.717) is 16.6 Å². The second-order valence-corrected chi connectivity index (χ2v) is 7.43. The summed E-state index contributed by atoms with van der Waals surface area (Å²) in [6.07, 6.45) is 3.61. The van der Waals surface area contributed by atoms with E-state index in [1.165, 1.54) is 18.4 Å². The highest BCUT2D eigenvalue weighted by atomic mass is 35.5. The highest BCUT2D eigenvalue weighted by molar-refractivity contribution is 6.34. The van der Waals surface area contributed by atoms with Crippen molar-refractivity contribution in [2.75, 3.05) is 11.9 Å². The van der Waals surface area contributed by atoms with Gasteiger partial charge < -0.3 is 11.1 Å². The second kappa shape index (κ2) is 8.67. The molecular weight excluding hydrogens is 346 g/mol. The molecule has 2 unspecified atom stereocenters. The van der Waals surface area contributed by atoms with E-state index in [9.17, 15) is 4.79 Å². The Hall–Kier alpha value is -1.88. The third kappa shape index (κ3) is 4.64. The van der Waals surface area contributed by atoms with Crippen LogP contribution < -0.4 is 11.1 Å². The van der Waals surface area contributed by atoms with Crippen LogP contribution in [-0.2, 0) is 6.54 Å².